The third kappa shape index (κ3) is 4.20. The fourth-order valence-electron chi connectivity index (χ4n) is 2.02. The fourth-order valence-corrected chi connectivity index (χ4v) is 2.86. The number of thioether (sulfide) groups is 1. The molecule has 3 rings (SSSR count). The fraction of sp³-hybridized carbons (Fsp3) is 0.176. The van der Waals surface area contributed by atoms with Crippen LogP contribution in [0.25, 0.3) is 11.5 Å². The molecule has 0 bridgehead atoms. The molecule has 0 unspecified atom stereocenters. The number of aromatic nitrogens is 4. The predicted molar refractivity (Wildman–Crippen MR) is 95.4 cm³/mol. The molecule has 24 heavy (non-hydrogen) atoms. The van der Waals surface area contributed by atoms with Gasteiger partial charge in [-0.05, 0) is 24.6 Å². The zero-order valence-corrected chi connectivity index (χ0v) is 14.0. The van der Waals surface area contributed by atoms with Gasteiger partial charge in [-0.2, -0.15) is 4.98 Å². The van der Waals surface area contributed by atoms with Gasteiger partial charge in [0, 0.05) is 11.9 Å². The molecule has 122 valence electrons. The van der Waals surface area contributed by atoms with Crippen LogP contribution in [0, 0.1) is 0 Å². The minimum absolute atomic E-state index is 0.123. The second-order valence-electron chi connectivity index (χ2n) is 5.15. The van der Waals surface area contributed by atoms with Crippen molar-refractivity contribution in [2.24, 2.45) is 0 Å². The number of benzene rings is 1. The summed E-state index contributed by atoms with van der Waals surface area (Å²) >= 11 is 1.57. The molecule has 0 aliphatic rings. The van der Waals surface area contributed by atoms with Gasteiger partial charge in [0.1, 0.15) is 5.69 Å². The Labute approximate surface area is 144 Å². The lowest BCUT2D eigenvalue weighted by Gasteiger charge is -2.09. The topological polar surface area (TPSA) is 83.6 Å². The number of hydrogen-bond acceptors (Lipinski definition) is 5. The van der Waals surface area contributed by atoms with E-state index in [0.717, 1.165) is 5.75 Å². The highest BCUT2D eigenvalue weighted by Crippen LogP contribution is 2.19. The number of amides is 1. The van der Waals surface area contributed by atoms with Crippen LogP contribution in [0.1, 0.15) is 12.5 Å². The van der Waals surface area contributed by atoms with Gasteiger partial charge in [0.2, 0.25) is 11.9 Å². The molecule has 0 radical (unpaired) electrons. The maximum absolute atomic E-state index is 12.2. The first-order chi connectivity index (χ1) is 11.7. The average molecular weight is 339 g/mol. The molecule has 0 fully saturated rings. The molecule has 2 heterocycles. The summed E-state index contributed by atoms with van der Waals surface area (Å²) in [5.74, 6) is 1.44. The first kappa shape index (κ1) is 16.2. The summed E-state index contributed by atoms with van der Waals surface area (Å²) in [4.78, 5) is 20.7. The van der Waals surface area contributed by atoms with Crippen molar-refractivity contribution >= 4 is 23.6 Å². The van der Waals surface area contributed by atoms with Crippen molar-refractivity contribution in [3.8, 4) is 11.5 Å². The molecule has 2 aromatic heterocycles. The van der Waals surface area contributed by atoms with Crippen molar-refractivity contribution < 1.29 is 4.79 Å². The molecule has 0 spiro atoms. The molecular weight excluding hydrogens is 322 g/mol. The Morgan fingerprint density at radius 3 is 2.75 bits per heavy atom. The summed E-state index contributed by atoms with van der Waals surface area (Å²) < 4.78 is 0. The van der Waals surface area contributed by atoms with Crippen molar-refractivity contribution in [3.05, 3.63) is 60.3 Å². The zero-order valence-electron chi connectivity index (χ0n) is 13.1. The Balaban J connectivity index is 1.55. The molecule has 1 atom stereocenters. The number of nitrogens with zero attached hydrogens (tertiary/aromatic N) is 3. The second-order valence-corrected chi connectivity index (χ2v) is 6.48. The Morgan fingerprint density at radius 1 is 1.21 bits per heavy atom. The zero-order chi connectivity index (χ0) is 16.8. The van der Waals surface area contributed by atoms with Crippen molar-refractivity contribution in [2.75, 3.05) is 5.32 Å². The molecule has 0 aliphatic heterocycles. The van der Waals surface area contributed by atoms with Crippen molar-refractivity contribution in [3.63, 3.8) is 0 Å². The largest absolute Gasteiger partial charge is 0.292 e. The van der Waals surface area contributed by atoms with E-state index in [1.807, 2.05) is 55.5 Å². The Morgan fingerprint density at radius 2 is 2.00 bits per heavy atom. The number of pyridine rings is 1. The summed E-state index contributed by atoms with van der Waals surface area (Å²) in [5, 5.41) is 9.32. The van der Waals surface area contributed by atoms with Gasteiger partial charge in [-0.15, -0.1) is 16.9 Å². The van der Waals surface area contributed by atoms with E-state index in [4.69, 9.17) is 0 Å². The lowest BCUT2D eigenvalue weighted by atomic mass is 10.2. The first-order valence-corrected chi connectivity index (χ1v) is 8.57. The lowest BCUT2D eigenvalue weighted by molar-refractivity contribution is -0.115. The van der Waals surface area contributed by atoms with Crippen LogP contribution in [0.2, 0.25) is 0 Å². The van der Waals surface area contributed by atoms with E-state index in [-0.39, 0.29) is 17.1 Å². The van der Waals surface area contributed by atoms with Crippen molar-refractivity contribution in [2.45, 2.75) is 17.9 Å². The van der Waals surface area contributed by atoms with E-state index in [1.165, 1.54) is 5.56 Å². The van der Waals surface area contributed by atoms with Crippen LogP contribution >= 0.6 is 11.8 Å². The summed E-state index contributed by atoms with van der Waals surface area (Å²) in [5.41, 5.74) is 1.87. The summed E-state index contributed by atoms with van der Waals surface area (Å²) in [7, 11) is 0. The molecular formula is C17H17N5OS. The number of nitrogens with one attached hydrogen (secondary N) is 2. The highest BCUT2D eigenvalue weighted by molar-refractivity contribution is 7.99. The third-order valence-electron chi connectivity index (χ3n) is 3.34. The van der Waals surface area contributed by atoms with Gasteiger partial charge in [0.25, 0.3) is 0 Å². The van der Waals surface area contributed by atoms with E-state index < -0.39 is 0 Å². The molecule has 6 nitrogen and oxygen atoms in total. The third-order valence-corrected chi connectivity index (χ3v) is 4.55. The maximum Gasteiger partial charge on any atom is 0.249 e. The number of carbonyl (C=O) groups is 1. The van der Waals surface area contributed by atoms with Gasteiger partial charge in [-0.3, -0.25) is 20.2 Å². The number of H-pyrrole nitrogens is 1. The molecule has 0 saturated carbocycles. The Bertz CT molecular complexity index is 791. The predicted octanol–water partition coefficient (Wildman–Crippen LogP) is 3.13. The number of anilines is 1. The molecule has 0 aliphatic carbocycles. The SMILES string of the molecule is C[C@@H](SCc1ccccc1)C(=O)Nc1n[nH]c(-c2ccccn2)n1. The van der Waals surface area contributed by atoms with Gasteiger partial charge in [-0.25, -0.2) is 0 Å². The highest BCUT2D eigenvalue weighted by atomic mass is 32.2. The van der Waals surface area contributed by atoms with Gasteiger partial charge < -0.3 is 0 Å². The van der Waals surface area contributed by atoms with Crippen LogP contribution in [0.15, 0.2) is 54.7 Å². The molecule has 2 N–H and O–H groups in total. The summed E-state index contributed by atoms with van der Waals surface area (Å²) in [6, 6.07) is 15.6. The molecule has 7 heteroatoms. The maximum atomic E-state index is 12.2. The normalized spacial score (nSPS) is 11.9. The first-order valence-electron chi connectivity index (χ1n) is 7.52. The Hall–Kier alpha value is -2.67. The van der Waals surface area contributed by atoms with E-state index in [2.05, 4.69) is 25.5 Å². The summed E-state index contributed by atoms with van der Waals surface area (Å²) in [6.45, 7) is 1.87. The van der Waals surface area contributed by atoms with Crippen LogP contribution in [0.5, 0.6) is 0 Å². The molecule has 0 saturated heterocycles. The monoisotopic (exact) mass is 339 g/mol. The lowest BCUT2D eigenvalue weighted by Crippen LogP contribution is -2.23. The molecule has 1 aromatic carbocycles. The van der Waals surface area contributed by atoms with Crippen LogP contribution in [0.4, 0.5) is 5.95 Å². The van der Waals surface area contributed by atoms with Gasteiger partial charge in [0.15, 0.2) is 5.82 Å². The highest BCUT2D eigenvalue weighted by Gasteiger charge is 2.16. The number of aromatic amines is 1. The van der Waals surface area contributed by atoms with Crippen LogP contribution in [-0.2, 0) is 10.5 Å². The Kier molecular flexibility index (Phi) is 5.22. The van der Waals surface area contributed by atoms with Crippen LogP contribution in [0.3, 0.4) is 0 Å². The molecule has 3 aromatic rings. The second kappa shape index (κ2) is 7.74. The van der Waals surface area contributed by atoms with Gasteiger partial charge in [-0.1, -0.05) is 36.4 Å². The number of carbonyl (C=O) groups excluding carboxylic acids is 1. The van der Waals surface area contributed by atoms with E-state index in [9.17, 15) is 4.79 Å². The van der Waals surface area contributed by atoms with E-state index >= 15 is 0 Å². The van der Waals surface area contributed by atoms with Crippen molar-refractivity contribution in [1.29, 1.82) is 0 Å². The summed E-state index contributed by atoms with van der Waals surface area (Å²) in [6.07, 6.45) is 1.68. The van der Waals surface area contributed by atoms with Gasteiger partial charge >= 0.3 is 0 Å². The minimum atomic E-state index is -0.206. The van der Waals surface area contributed by atoms with E-state index in [0.29, 0.717) is 11.5 Å². The number of rotatable bonds is 6. The van der Waals surface area contributed by atoms with Crippen molar-refractivity contribution in [1.82, 2.24) is 20.2 Å². The smallest absolute Gasteiger partial charge is 0.249 e. The van der Waals surface area contributed by atoms with E-state index in [1.54, 1.807) is 18.0 Å². The quantitative estimate of drug-likeness (QED) is 0.721. The van der Waals surface area contributed by atoms with Gasteiger partial charge in [0.05, 0.1) is 5.25 Å². The number of hydrogen-bond donors (Lipinski definition) is 2. The standard InChI is InChI=1S/C17H17N5OS/c1-12(24-11-13-7-3-2-4-8-13)16(23)20-17-19-15(21-22-17)14-9-5-6-10-18-14/h2-10,12H,11H2,1H3,(H2,19,20,21,22,23)/t12-/m1/s1. The minimum Gasteiger partial charge on any atom is -0.292 e. The molecule has 1 amide bonds. The van der Waals surface area contributed by atoms with Crippen LogP contribution in [-0.4, -0.2) is 31.3 Å². The van der Waals surface area contributed by atoms with Crippen LogP contribution < -0.4 is 5.32 Å². The average Bonchev–Trinajstić information content (AvgIpc) is 3.10.